The fourth-order valence-electron chi connectivity index (χ4n) is 3.01. The molecule has 1 unspecified atom stereocenters. The fraction of sp³-hybridized carbons (Fsp3) is 0.647. The largest absolute Gasteiger partial charge is 0.314 e. The van der Waals surface area contributed by atoms with E-state index in [1.165, 1.54) is 37.9 Å². The predicted octanol–water partition coefficient (Wildman–Crippen LogP) is 2.94. The molecule has 1 aromatic carbocycles. The van der Waals surface area contributed by atoms with Gasteiger partial charge in [-0.2, -0.15) is 0 Å². The summed E-state index contributed by atoms with van der Waals surface area (Å²) >= 11 is 0. The minimum Gasteiger partial charge on any atom is -0.314 e. The van der Waals surface area contributed by atoms with Crippen molar-refractivity contribution in [2.45, 2.75) is 39.2 Å². The van der Waals surface area contributed by atoms with Crippen LogP contribution < -0.4 is 5.32 Å². The van der Waals surface area contributed by atoms with E-state index in [1.54, 1.807) is 0 Å². The van der Waals surface area contributed by atoms with Crippen LogP contribution >= 0.6 is 0 Å². The second-order valence-electron chi connectivity index (χ2n) is 5.73. The van der Waals surface area contributed by atoms with Gasteiger partial charge in [0.25, 0.3) is 0 Å². The maximum absolute atomic E-state index is 3.55. The maximum atomic E-state index is 3.55. The van der Waals surface area contributed by atoms with E-state index in [0.717, 1.165) is 19.0 Å². The lowest BCUT2D eigenvalue weighted by molar-refractivity contribution is 0.133. The minimum atomic E-state index is 0.664. The van der Waals surface area contributed by atoms with E-state index in [2.05, 4.69) is 54.4 Å². The van der Waals surface area contributed by atoms with Crippen molar-refractivity contribution in [3.63, 3.8) is 0 Å². The lowest BCUT2D eigenvalue weighted by Crippen LogP contribution is -2.53. The summed E-state index contributed by atoms with van der Waals surface area (Å²) in [5, 5.41) is 3.55. The van der Waals surface area contributed by atoms with Crippen molar-refractivity contribution >= 4 is 0 Å². The van der Waals surface area contributed by atoms with Crippen molar-refractivity contribution in [2.24, 2.45) is 5.92 Å². The highest BCUT2D eigenvalue weighted by Gasteiger charge is 2.23. The van der Waals surface area contributed by atoms with Crippen LogP contribution in [0.4, 0.5) is 0 Å². The van der Waals surface area contributed by atoms with Gasteiger partial charge >= 0.3 is 0 Å². The zero-order chi connectivity index (χ0) is 13.5. The average Bonchev–Trinajstić information content (AvgIpc) is 2.47. The van der Waals surface area contributed by atoms with Gasteiger partial charge in [-0.25, -0.2) is 0 Å². The third-order valence-electron chi connectivity index (χ3n) is 4.43. The van der Waals surface area contributed by atoms with Gasteiger partial charge in [0.2, 0.25) is 0 Å². The molecule has 1 saturated heterocycles. The summed E-state index contributed by atoms with van der Waals surface area (Å²) < 4.78 is 0. The molecule has 1 atom stereocenters. The van der Waals surface area contributed by atoms with Gasteiger partial charge in [0.05, 0.1) is 0 Å². The molecule has 1 heterocycles. The van der Waals surface area contributed by atoms with Crippen molar-refractivity contribution in [2.75, 3.05) is 26.2 Å². The molecule has 1 N–H and O–H groups in total. The molecule has 106 valence electrons. The smallest absolute Gasteiger partial charge is 0.0261 e. The van der Waals surface area contributed by atoms with Gasteiger partial charge < -0.3 is 5.32 Å². The Hall–Kier alpha value is -0.860. The maximum Gasteiger partial charge on any atom is 0.0261 e. The van der Waals surface area contributed by atoms with Gasteiger partial charge in [-0.05, 0) is 17.9 Å². The summed E-state index contributed by atoms with van der Waals surface area (Å²) in [6.07, 6.45) is 3.78. The van der Waals surface area contributed by atoms with E-state index in [9.17, 15) is 0 Å². The molecule has 2 heteroatoms. The highest BCUT2D eigenvalue weighted by Crippen LogP contribution is 2.16. The number of nitrogens with one attached hydrogen (secondary N) is 1. The fourth-order valence-corrected chi connectivity index (χ4v) is 3.01. The molecule has 1 aliphatic heterocycles. The van der Waals surface area contributed by atoms with Gasteiger partial charge in [0.1, 0.15) is 0 Å². The zero-order valence-corrected chi connectivity index (χ0v) is 12.4. The van der Waals surface area contributed by atoms with Gasteiger partial charge in [-0.1, -0.05) is 57.0 Å². The summed E-state index contributed by atoms with van der Waals surface area (Å²) in [5.74, 6) is 0.858. The van der Waals surface area contributed by atoms with Crippen molar-refractivity contribution < 1.29 is 0 Å². The molecular weight excluding hydrogens is 232 g/mol. The molecule has 2 rings (SSSR count). The van der Waals surface area contributed by atoms with E-state index in [1.807, 2.05) is 0 Å². The first-order valence-electron chi connectivity index (χ1n) is 7.82. The molecule has 0 aromatic heterocycles. The van der Waals surface area contributed by atoms with E-state index in [0.29, 0.717) is 6.04 Å². The summed E-state index contributed by atoms with van der Waals surface area (Å²) in [4.78, 5) is 2.71. The van der Waals surface area contributed by atoms with Crippen LogP contribution in [0.15, 0.2) is 30.3 Å². The highest BCUT2D eigenvalue weighted by molar-refractivity contribution is 5.16. The third-order valence-corrected chi connectivity index (χ3v) is 4.43. The Balaban J connectivity index is 1.95. The molecule has 2 nitrogen and oxygen atoms in total. The lowest BCUT2D eigenvalue weighted by Gasteiger charge is -2.38. The molecule has 0 bridgehead atoms. The Morgan fingerprint density at radius 2 is 1.95 bits per heavy atom. The predicted molar refractivity (Wildman–Crippen MR) is 82.4 cm³/mol. The van der Waals surface area contributed by atoms with E-state index >= 15 is 0 Å². The first-order chi connectivity index (χ1) is 9.33. The Bertz CT molecular complexity index is 346. The van der Waals surface area contributed by atoms with Crippen molar-refractivity contribution in [1.82, 2.24) is 10.2 Å². The van der Waals surface area contributed by atoms with Gasteiger partial charge in [0.15, 0.2) is 0 Å². The average molecular weight is 260 g/mol. The van der Waals surface area contributed by atoms with Crippen LogP contribution in [0.2, 0.25) is 0 Å². The van der Waals surface area contributed by atoms with Gasteiger partial charge in [-0.15, -0.1) is 0 Å². The quantitative estimate of drug-likeness (QED) is 0.846. The van der Waals surface area contributed by atoms with Crippen LogP contribution in [0.1, 0.15) is 32.3 Å². The third kappa shape index (κ3) is 4.32. The number of hydrogen-bond donors (Lipinski definition) is 1. The first kappa shape index (κ1) is 14.5. The topological polar surface area (TPSA) is 15.3 Å². The molecule has 1 fully saturated rings. The van der Waals surface area contributed by atoms with Crippen LogP contribution in [-0.2, 0) is 6.42 Å². The summed E-state index contributed by atoms with van der Waals surface area (Å²) in [6.45, 7) is 9.39. The second kappa shape index (κ2) is 7.66. The number of hydrogen-bond acceptors (Lipinski definition) is 2. The molecule has 19 heavy (non-hydrogen) atoms. The van der Waals surface area contributed by atoms with E-state index in [4.69, 9.17) is 0 Å². The molecule has 0 amide bonds. The van der Waals surface area contributed by atoms with Crippen LogP contribution in [0.3, 0.4) is 0 Å². The van der Waals surface area contributed by atoms with Crippen molar-refractivity contribution in [3.05, 3.63) is 35.9 Å². The molecule has 1 aromatic rings. The second-order valence-corrected chi connectivity index (χ2v) is 5.73. The Morgan fingerprint density at radius 1 is 1.21 bits per heavy atom. The van der Waals surface area contributed by atoms with Crippen molar-refractivity contribution in [3.8, 4) is 0 Å². The normalized spacial score (nSPS) is 20.9. The van der Waals surface area contributed by atoms with Crippen molar-refractivity contribution in [1.29, 1.82) is 0 Å². The zero-order valence-electron chi connectivity index (χ0n) is 12.4. The Morgan fingerprint density at radius 3 is 2.63 bits per heavy atom. The lowest BCUT2D eigenvalue weighted by atomic mass is 9.98. The van der Waals surface area contributed by atoms with Gasteiger partial charge in [-0.3, -0.25) is 4.90 Å². The number of nitrogens with zero attached hydrogens (tertiary/aromatic N) is 1. The van der Waals surface area contributed by atoms with E-state index < -0.39 is 0 Å². The molecule has 0 aliphatic carbocycles. The first-order valence-corrected chi connectivity index (χ1v) is 7.82. The van der Waals surface area contributed by atoms with Crippen LogP contribution in [0.25, 0.3) is 0 Å². The molecule has 0 radical (unpaired) electrons. The standard InChI is InChI=1S/C17H28N2/c1-3-15(4-2)14-19-11-10-18-13-17(19)12-16-8-6-5-7-9-16/h5-9,15,17-18H,3-4,10-14H2,1-2H3. The summed E-state index contributed by atoms with van der Waals surface area (Å²) in [6, 6.07) is 11.6. The van der Waals surface area contributed by atoms with E-state index in [-0.39, 0.29) is 0 Å². The SMILES string of the molecule is CCC(CC)CN1CCNCC1Cc1ccccc1. The summed E-state index contributed by atoms with van der Waals surface area (Å²) in [5.41, 5.74) is 1.46. The van der Waals surface area contributed by atoms with Crippen LogP contribution in [0, 0.1) is 5.92 Å². The molecule has 0 saturated carbocycles. The molecule has 0 spiro atoms. The number of rotatable bonds is 6. The minimum absolute atomic E-state index is 0.664. The highest BCUT2D eigenvalue weighted by atomic mass is 15.2. The Kier molecular flexibility index (Phi) is 5.87. The molecule has 1 aliphatic rings. The summed E-state index contributed by atoms with van der Waals surface area (Å²) in [7, 11) is 0. The van der Waals surface area contributed by atoms with Crippen LogP contribution in [-0.4, -0.2) is 37.1 Å². The Labute approximate surface area is 118 Å². The number of piperazine rings is 1. The number of benzene rings is 1. The monoisotopic (exact) mass is 260 g/mol. The van der Waals surface area contributed by atoms with Crippen LogP contribution in [0.5, 0.6) is 0 Å². The molecular formula is C17H28N2. The van der Waals surface area contributed by atoms with Gasteiger partial charge in [0, 0.05) is 32.2 Å².